The Morgan fingerprint density at radius 2 is 1.81 bits per heavy atom. The third-order valence-corrected chi connectivity index (χ3v) is 4.20. The van der Waals surface area contributed by atoms with E-state index in [4.69, 9.17) is 14.2 Å². The Balaban J connectivity index is 1.86. The molecule has 0 saturated heterocycles. The standard InChI is InChI=1S/C21H20O6/c1-12-9-16(26-13(2)21(23)25-4)11-17-19(12)20(22)18(27-17)10-14-5-7-15(24-3)8-6-14/h5-11,13H,1-4H3/b18-10-. The minimum Gasteiger partial charge on any atom is -0.497 e. The van der Waals surface area contributed by atoms with Gasteiger partial charge in [0.25, 0.3) is 0 Å². The van der Waals surface area contributed by atoms with E-state index in [0.29, 0.717) is 22.6 Å². The fourth-order valence-electron chi connectivity index (χ4n) is 2.82. The van der Waals surface area contributed by atoms with Crippen molar-refractivity contribution in [2.75, 3.05) is 14.2 Å². The molecule has 0 fully saturated rings. The van der Waals surface area contributed by atoms with Gasteiger partial charge in [0, 0.05) is 6.07 Å². The normalized spacial score (nSPS) is 15.1. The summed E-state index contributed by atoms with van der Waals surface area (Å²) in [7, 11) is 2.89. The number of rotatable bonds is 5. The molecule has 140 valence electrons. The van der Waals surface area contributed by atoms with Crippen molar-refractivity contribution in [2.45, 2.75) is 20.0 Å². The fourth-order valence-corrected chi connectivity index (χ4v) is 2.82. The maximum Gasteiger partial charge on any atom is 0.346 e. The Hall–Kier alpha value is -3.28. The number of aryl methyl sites for hydroxylation is 1. The molecule has 1 unspecified atom stereocenters. The van der Waals surface area contributed by atoms with Crippen molar-refractivity contribution in [3.05, 3.63) is 58.8 Å². The van der Waals surface area contributed by atoms with Crippen molar-refractivity contribution in [3.8, 4) is 17.2 Å². The quantitative estimate of drug-likeness (QED) is 0.594. The van der Waals surface area contributed by atoms with Gasteiger partial charge in [-0.3, -0.25) is 4.79 Å². The molecule has 0 saturated carbocycles. The molecule has 1 aliphatic heterocycles. The third kappa shape index (κ3) is 3.79. The summed E-state index contributed by atoms with van der Waals surface area (Å²) in [5, 5.41) is 0. The van der Waals surface area contributed by atoms with Crippen LogP contribution in [0.2, 0.25) is 0 Å². The Morgan fingerprint density at radius 3 is 2.44 bits per heavy atom. The van der Waals surface area contributed by atoms with Gasteiger partial charge in [-0.15, -0.1) is 0 Å². The maximum atomic E-state index is 12.7. The molecule has 6 nitrogen and oxygen atoms in total. The summed E-state index contributed by atoms with van der Waals surface area (Å²) in [6.45, 7) is 3.39. The maximum absolute atomic E-state index is 12.7. The first kappa shape index (κ1) is 18.5. The van der Waals surface area contributed by atoms with Crippen LogP contribution < -0.4 is 14.2 Å². The van der Waals surface area contributed by atoms with E-state index in [1.807, 2.05) is 24.3 Å². The van der Waals surface area contributed by atoms with Gasteiger partial charge in [-0.1, -0.05) is 12.1 Å². The van der Waals surface area contributed by atoms with Crippen LogP contribution in [0, 0.1) is 6.92 Å². The van der Waals surface area contributed by atoms with Crippen LogP contribution in [0.3, 0.4) is 0 Å². The number of ketones is 1. The zero-order valence-corrected chi connectivity index (χ0v) is 15.6. The number of methoxy groups -OCH3 is 2. The largest absolute Gasteiger partial charge is 0.497 e. The summed E-state index contributed by atoms with van der Waals surface area (Å²) in [6, 6.07) is 10.6. The van der Waals surface area contributed by atoms with Gasteiger partial charge in [-0.25, -0.2) is 4.79 Å². The van der Waals surface area contributed by atoms with Gasteiger partial charge in [-0.05, 0) is 49.2 Å². The summed E-state index contributed by atoms with van der Waals surface area (Å²) in [5.41, 5.74) is 2.02. The van der Waals surface area contributed by atoms with Crippen molar-refractivity contribution in [2.24, 2.45) is 0 Å². The molecule has 0 aliphatic carbocycles. The minimum absolute atomic E-state index is 0.189. The molecule has 0 N–H and O–H groups in total. The van der Waals surface area contributed by atoms with E-state index >= 15 is 0 Å². The van der Waals surface area contributed by atoms with E-state index in [0.717, 1.165) is 11.3 Å². The summed E-state index contributed by atoms with van der Waals surface area (Å²) < 4.78 is 21.1. The number of benzene rings is 2. The van der Waals surface area contributed by atoms with Crippen LogP contribution in [0.25, 0.3) is 6.08 Å². The van der Waals surface area contributed by atoms with Crippen LogP contribution in [0.1, 0.15) is 28.4 Å². The van der Waals surface area contributed by atoms with Crippen LogP contribution >= 0.6 is 0 Å². The minimum atomic E-state index is -0.765. The molecule has 0 bridgehead atoms. The van der Waals surface area contributed by atoms with Gasteiger partial charge < -0.3 is 18.9 Å². The second-order valence-corrected chi connectivity index (χ2v) is 6.11. The van der Waals surface area contributed by atoms with Gasteiger partial charge in [0.1, 0.15) is 17.2 Å². The smallest absolute Gasteiger partial charge is 0.346 e. The Bertz CT molecular complexity index is 911. The predicted octanol–water partition coefficient (Wildman–Crippen LogP) is 3.56. The van der Waals surface area contributed by atoms with Crippen molar-refractivity contribution < 1.29 is 28.5 Å². The van der Waals surface area contributed by atoms with Gasteiger partial charge in [0.2, 0.25) is 5.78 Å². The summed E-state index contributed by atoms with van der Waals surface area (Å²) >= 11 is 0. The number of ether oxygens (including phenoxy) is 4. The molecule has 1 heterocycles. The van der Waals surface area contributed by atoms with Crippen molar-refractivity contribution in [1.29, 1.82) is 0 Å². The highest BCUT2D eigenvalue weighted by atomic mass is 16.6. The van der Waals surface area contributed by atoms with Crippen LogP contribution in [0.4, 0.5) is 0 Å². The topological polar surface area (TPSA) is 71.1 Å². The third-order valence-electron chi connectivity index (χ3n) is 4.20. The monoisotopic (exact) mass is 368 g/mol. The first-order valence-electron chi connectivity index (χ1n) is 8.40. The number of carbonyl (C=O) groups excluding carboxylic acids is 2. The second-order valence-electron chi connectivity index (χ2n) is 6.11. The van der Waals surface area contributed by atoms with E-state index in [2.05, 4.69) is 4.74 Å². The molecule has 6 heteroatoms. The van der Waals surface area contributed by atoms with Gasteiger partial charge >= 0.3 is 5.97 Å². The molecule has 1 aliphatic rings. The molecule has 2 aromatic rings. The zero-order chi connectivity index (χ0) is 19.6. The molecule has 3 rings (SSSR count). The van der Waals surface area contributed by atoms with Gasteiger partial charge in [0.05, 0.1) is 19.8 Å². The molecule has 1 atom stereocenters. The molecule has 0 amide bonds. The molecule has 2 aromatic carbocycles. The van der Waals surface area contributed by atoms with Crippen LogP contribution in [0.5, 0.6) is 17.2 Å². The fraction of sp³-hybridized carbons (Fsp3) is 0.238. The predicted molar refractivity (Wildman–Crippen MR) is 99.2 cm³/mol. The highest BCUT2D eigenvalue weighted by molar-refractivity contribution is 6.15. The SMILES string of the molecule is COC(=O)C(C)Oc1cc(C)c2c(c1)O/C(=C\c1ccc(OC)cc1)C2=O. The Kier molecular flexibility index (Phi) is 5.16. The van der Waals surface area contributed by atoms with E-state index < -0.39 is 12.1 Å². The molecule has 27 heavy (non-hydrogen) atoms. The number of Topliss-reactive ketones (excluding diaryl/α,β-unsaturated/α-hetero) is 1. The zero-order valence-electron chi connectivity index (χ0n) is 15.6. The van der Waals surface area contributed by atoms with E-state index in [-0.39, 0.29) is 11.5 Å². The highest BCUT2D eigenvalue weighted by Gasteiger charge is 2.30. The van der Waals surface area contributed by atoms with Gasteiger partial charge in [0.15, 0.2) is 11.9 Å². The van der Waals surface area contributed by atoms with Crippen LogP contribution in [-0.2, 0) is 9.53 Å². The molecular formula is C21H20O6. The number of hydrogen-bond acceptors (Lipinski definition) is 6. The van der Waals surface area contributed by atoms with E-state index in [1.165, 1.54) is 7.11 Å². The van der Waals surface area contributed by atoms with Crippen LogP contribution in [-0.4, -0.2) is 32.1 Å². The number of esters is 1. The average Bonchev–Trinajstić information content (AvgIpc) is 2.97. The number of hydrogen-bond donors (Lipinski definition) is 0. The molecular weight excluding hydrogens is 348 g/mol. The Morgan fingerprint density at radius 1 is 1.11 bits per heavy atom. The van der Waals surface area contributed by atoms with Crippen LogP contribution in [0.15, 0.2) is 42.2 Å². The number of carbonyl (C=O) groups is 2. The number of allylic oxidation sites excluding steroid dienone is 1. The average molecular weight is 368 g/mol. The van der Waals surface area contributed by atoms with E-state index in [9.17, 15) is 9.59 Å². The lowest BCUT2D eigenvalue weighted by Gasteiger charge is -2.13. The van der Waals surface area contributed by atoms with Crippen molar-refractivity contribution >= 4 is 17.8 Å². The summed E-state index contributed by atoms with van der Waals surface area (Å²) in [5.74, 6) is 1.14. The number of fused-ring (bicyclic) bond motifs is 1. The second kappa shape index (κ2) is 7.53. The lowest BCUT2D eigenvalue weighted by atomic mass is 10.0. The first-order chi connectivity index (χ1) is 12.9. The Labute approximate surface area is 157 Å². The lowest BCUT2D eigenvalue weighted by molar-refractivity contribution is -0.147. The molecule has 0 spiro atoms. The van der Waals surface area contributed by atoms with Crippen molar-refractivity contribution in [1.82, 2.24) is 0 Å². The van der Waals surface area contributed by atoms with Gasteiger partial charge in [-0.2, -0.15) is 0 Å². The van der Waals surface area contributed by atoms with Crippen molar-refractivity contribution in [3.63, 3.8) is 0 Å². The summed E-state index contributed by atoms with van der Waals surface area (Å²) in [4.78, 5) is 24.2. The molecule has 0 radical (unpaired) electrons. The molecule has 0 aromatic heterocycles. The summed E-state index contributed by atoms with van der Waals surface area (Å²) in [6.07, 6.45) is 0.914. The highest BCUT2D eigenvalue weighted by Crippen LogP contribution is 2.37. The first-order valence-corrected chi connectivity index (χ1v) is 8.40. The lowest BCUT2D eigenvalue weighted by Crippen LogP contribution is -2.24. The van der Waals surface area contributed by atoms with E-state index in [1.54, 1.807) is 39.2 Å².